The van der Waals surface area contributed by atoms with Crippen LogP contribution in [0.15, 0.2) is 187 Å². The van der Waals surface area contributed by atoms with Gasteiger partial charge in [0.05, 0.1) is 57.0 Å². The van der Waals surface area contributed by atoms with Crippen molar-refractivity contribution in [2.45, 2.75) is 0 Å². The van der Waals surface area contributed by atoms with E-state index in [2.05, 4.69) is 36.9 Å². The number of carbonyl (C=O) groups is 6. The molecule has 0 radical (unpaired) electrons. The van der Waals surface area contributed by atoms with Gasteiger partial charge in [0.25, 0.3) is 35.4 Å². The van der Waals surface area contributed by atoms with E-state index in [-0.39, 0.29) is 62.1 Å². The second-order valence-corrected chi connectivity index (χ2v) is 22.9. The van der Waals surface area contributed by atoms with Crippen LogP contribution in [0.2, 0.25) is 15.1 Å². The number of halogens is 9. The van der Waals surface area contributed by atoms with Gasteiger partial charge in [-0.3, -0.25) is 44.6 Å². The molecule has 494 valence electrons. The van der Waals surface area contributed by atoms with Gasteiger partial charge in [-0.15, -0.1) is 0 Å². The molecule has 2 heterocycles. The lowest BCUT2D eigenvalue weighted by atomic mass is 10.1. The predicted molar refractivity (Wildman–Crippen MR) is 363 cm³/mol. The zero-order valence-corrected chi connectivity index (χ0v) is 53.6. The van der Waals surface area contributed by atoms with E-state index in [4.69, 9.17) is 45.6 Å². The number of benzene rings is 9. The molecule has 97 heavy (non-hydrogen) atoms. The van der Waals surface area contributed by atoms with Gasteiger partial charge in [-0.1, -0.05) is 53.0 Å². The highest BCUT2D eigenvalue weighted by Crippen LogP contribution is 2.27. The Kier molecular flexibility index (Phi) is 22.6. The molecule has 0 saturated carbocycles. The minimum absolute atomic E-state index is 0.00683. The van der Waals surface area contributed by atoms with Crippen LogP contribution < -0.4 is 31.9 Å². The summed E-state index contributed by atoms with van der Waals surface area (Å²) in [6.07, 6.45) is 0. The van der Waals surface area contributed by atoms with Crippen LogP contribution >= 0.6 is 34.8 Å². The fourth-order valence-corrected chi connectivity index (χ4v) is 9.67. The van der Waals surface area contributed by atoms with Crippen LogP contribution in [0.5, 0.6) is 0 Å². The van der Waals surface area contributed by atoms with Gasteiger partial charge in [-0.2, -0.15) is 0 Å². The molecule has 2 aliphatic rings. The smallest absolute Gasteiger partial charge is 0.258 e. The predicted octanol–water partition coefficient (Wildman–Crippen LogP) is 14.6. The lowest BCUT2D eigenvalue weighted by Crippen LogP contribution is -2.24. The maximum absolute atomic E-state index is 14.7. The lowest BCUT2D eigenvalue weighted by molar-refractivity contribution is 0.100. The summed E-state index contributed by atoms with van der Waals surface area (Å²) < 4.78 is 85.3. The van der Waals surface area contributed by atoms with E-state index in [1.165, 1.54) is 59.5 Å². The summed E-state index contributed by atoms with van der Waals surface area (Å²) in [6, 6.07) is 40.7. The Balaban J connectivity index is 0.000000171. The van der Waals surface area contributed by atoms with Crippen LogP contribution in [-0.2, 0) is 0 Å². The third-order valence-electron chi connectivity index (χ3n) is 14.4. The lowest BCUT2D eigenvalue weighted by Gasteiger charge is -2.15. The van der Waals surface area contributed by atoms with Gasteiger partial charge in [-0.25, -0.2) is 26.3 Å². The van der Waals surface area contributed by atoms with Crippen LogP contribution in [-0.4, -0.2) is 115 Å². The number of carbonyl (C=O) groups excluding carboxylic acids is 6. The monoisotopic (exact) mass is 1380 g/mol. The van der Waals surface area contributed by atoms with E-state index in [0.717, 1.165) is 68.2 Å². The summed E-state index contributed by atoms with van der Waals surface area (Å²) in [6.45, 7) is 2.86. The molecule has 1 saturated heterocycles. The number of aliphatic imine (C=N–C) groups is 1. The number of anilines is 6. The summed E-state index contributed by atoms with van der Waals surface area (Å²) >= 11 is 17.5. The Morgan fingerprint density at radius 1 is 0.412 bits per heavy atom. The first kappa shape index (κ1) is 70.0. The summed E-state index contributed by atoms with van der Waals surface area (Å²) in [5, 5.41) is 32.6. The molecule has 0 aliphatic carbocycles. The minimum atomic E-state index is -0.833. The van der Waals surface area contributed by atoms with Crippen molar-refractivity contribution in [2.75, 3.05) is 79.2 Å². The van der Waals surface area contributed by atoms with Crippen LogP contribution in [0.25, 0.3) is 0 Å². The highest BCUT2D eigenvalue weighted by atomic mass is 35.5. The van der Waals surface area contributed by atoms with Crippen molar-refractivity contribution in [1.29, 1.82) is 10.8 Å². The van der Waals surface area contributed by atoms with Crippen LogP contribution in [0.4, 0.5) is 60.5 Å². The summed E-state index contributed by atoms with van der Waals surface area (Å²) in [4.78, 5) is 85.6. The van der Waals surface area contributed by atoms with Crippen molar-refractivity contribution in [3.8, 4) is 0 Å². The topological polar surface area (TPSA) is 244 Å². The quantitative estimate of drug-likeness (QED) is 0.0210. The molecule has 0 bridgehead atoms. The average Bonchev–Trinajstić information content (AvgIpc) is 1.84. The van der Waals surface area contributed by atoms with Gasteiger partial charge in [0, 0.05) is 89.6 Å². The second-order valence-electron chi connectivity index (χ2n) is 21.6. The Bertz CT molecular complexity index is 4420. The molecule has 9 aromatic carbocycles. The van der Waals surface area contributed by atoms with E-state index in [1.807, 2.05) is 11.9 Å². The molecule has 1 fully saturated rings. The maximum atomic E-state index is 14.7. The van der Waals surface area contributed by atoms with E-state index in [9.17, 15) is 55.1 Å². The molecule has 2 aliphatic heterocycles. The Morgan fingerprint density at radius 3 is 1.08 bits per heavy atom. The number of amidine groups is 3. The fourth-order valence-electron chi connectivity index (χ4n) is 9.29. The molecule has 8 N–H and O–H groups in total. The molecule has 9 aromatic rings. The first-order valence-corrected chi connectivity index (χ1v) is 30.2. The molecular weight excluding hydrogens is 1330 g/mol. The molecule has 11 rings (SSSR count). The summed E-state index contributed by atoms with van der Waals surface area (Å²) in [5.74, 6) is -7.84. The van der Waals surface area contributed by atoms with Crippen LogP contribution in [0.1, 0.15) is 78.8 Å². The number of nitrogens with one attached hydrogen (secondary N) is 8. The molecular formula is C70H55Cl3F6N12O6. The van der Waals surface area contributed by atoms with Crippen LogP contribution in [0.3, 0.4) is 0 Å². The molecule has 0 unspecified atom stereocenters. The molecule has 18 nitrogen and oxygen atoms in total. The molecule has 0 aromatic heterocycles. The molecule has 27 heteroatoms. The van der Waals surface area contributed by atoms with Crippen molar-refractivity contribution in [3.63, 3.8) is 0 Å². The van der Waals surface area contributed by atoms with E-state index in [0.29, 0.717) is 61.2 Å². The van der Waals surface area contributed by atoms with Crippen molar-refractivity contribution >= 4 is 122 Å². The Labute approximate surface area is 565 Å². The SMILES string of the molecule is CN(C)C(=N)c1ccc(C(=O)Nc2ccc(F)cc2C(=O)Nc2ccc(Cl)cc2)c(F)c1.CN1CCN=C1c1ccc(C(=O)Nc2ccc(F)cc2C(=O)Nc2ccc(Cl)cc2)c(F)c1.N=C(c1ccc(C(=O)Nc2ccc(F)cc2C(=O)Nc2ccc(Cl)cc2)c(F)c1)N1CC1. The van der Waals surface area contributed by atoms with Crippen molar-refractivity contribution in [3.05, 3.63) is 282 Å². The summed E-state index contributed by atoms with van der Waals surface area (Å²) in [5.41, 5.74) is 1.43. The minimum Gasteiger partial charge on any atom is -0.363 e. The zero-order chi connectivity index (χ0) is 69.8. The number of hydrogen-bond donors (Lipinski definition) is 8. The third-order valence-corrected chi connectivity index (χ3v) is 15.2. The van der Waals surface area contributed by atoms with Crippen LogP contribution in [0, 0.1) is 45.7 Å². The number of hydrogen-bond acceptors (Lipinski definition) is 10. The van der Waals surface area contributed by atoms with Gasteiger partial charge in [-0.05, 0) is 164 Å². The van der Waals surface area contributed by atoms with E-state index in [1.54, 1.807) is 97.9 Å². The fraction of sp³-hybridized carbons (Fsp3) is 0.100. The Hall–Kier alpha value is -11.3. The van der Waals surface area contributed by atoms with E-state index < -0.39 is 70.3 Å². The number of likely N-dealkylation sites (N-methyl/N-ethyl adjacent to an activating group) is 1. The van der Waals surface area contributed by atoms with Crippen molar-refractivity contribution < 1.29 is 55.1 Å². The third kappa shape index (κ3) is 18.3. The van der Waals surface area contributed by atoms with Gasteiger partial charge in [0.1, 0.15) is 52.4 Å². The zero-order valence-electron chi connectivity index (χ0n) is 51.3. The summed E-state index contributed by atoms with van der Waals surface area (Å²) in [7, 11) is 5.15. The highest BCUT2D eigenvalue weighted by molar-refractivity contribution is 6.31. The standard InChI is InChI=1S/C24H19ClF2N4O2.C23H17ClF2N4O2.C23H19ClF2N4O2/c1-31-11-10-28-22(31)14-2-8-18(20(27)12-14)23(32)30-21-9-5-16(26)13-19(21)24(33)29-17-6-3-15(25)4-7-17;24-14-2-5-16(6-3-14)28-23(32)18-12-15(25)4-8-20(18)29-22(31)17-7-1-13(11-19(17)26)21(27)30-9-10-30;1-30(2)21(27)13-3-9-17(19(26)11-13)22(31)29-20-10-6-15(25)12-18(20)23(32)28-16-7-4-14(24)5-8-16/h2-9,12-13H,10-11H2,1H3,(H,29,33)(H,30,32);1-8,11-12,27H,9-10H2,(H,28,32)(H,29,31);3-12,27H,1-2H3,(H,28,32)(H,29,31). The molecule has 0 atom stereocenters. The van der Waals surface area contributed by atoms with Gasteiger partial charge >= 0.3 is 0 Å². The number of nitrogens with zero attached hydrogens (tertiary/aromatic N) is 4. The molecule has 6 amide bonds. The van der Waals surface area contributed by atoms with Crippen molar-refractivity contribution in [1.82, 2.24) is 14.7 Å². The maximum Gasteiger partial charge on any atom is 0.258 e. The highest BCUT2D eigenvalue weighted by Gasteiger charge is 2.26. The van der Waals surface area contributed by atoms with Gasteiger partial charge in [0.2, 0.25) is 0 Å². The largest absolute Gasteiger partial charge is 0.363 e. The van der Waals surface area contributed by atoms with Gasteiger partial charge in [0.15, 0.2) is 0 Å². The second kappa shape index (κ2) is 31.3. The Morgan fingerprint density at radius 2 is 0.753 bits per heavy atom. The normalized spacial score (nSPS) is 11.9. The van der Waals surface area contributed by atoms with Gasteiger partial charge < -0.3 is 46.6 Å². The van der Waals surface area contributed by atoms with E-state index >= 15 is 0 Å². The molecule has 0 spiro atoms. The first-order valence-electron chi connectivity index (χ1n) is 29.1. The first-order chi connectivity index (χ1) is 46.3. The van der Waals surface area contributed by atoms with Crippen molar-refractivity contribution in [2.24, 2.45) is 4.99 Å². The number of rotatable bonds is 15. The number of amides is 6. The average molecular weight is 1380 g/mol.